The molecule has 0 aliphatic carbocycles. The number of carbonyl (C=O) groups is 1. The normalized spacial score (nSPS) is 13.9. The zero-order valence-corrected chi connectivity index (χ0v) is 22.3. The number of likely N-dealkylation sites (N-methyl/N-ethyl adjacent to an activating group) is 1. The first kappa shape index (κ1) is 24.7. The summed E-state index contributed by atoms with van der Waals surface area (Å²) in [7, 11) is 3.62. The first-order valence-corrected chi connectivity index (χ1v) is 12.7. The number of rotatable bonds is 4. The molecule has 0 saturated carbocycles. The summed E-state index contributed by atoms with van der Waals surface area (Å²) in [5.41, 5.74) is 4.22. The van der Waals surface area contributed by atoms with Crippen molar-refractivity contribution in [1.29, 1.82) is 0 Å². The minimum atomic E-state index is -0.269. The number of benzene rings is 1. The van der Waals surface area contributed by atoms with Crippen molar-refractivity contribution in [3.8, 4) is 11.1 Å². The maximum absolute atomic E-state index is 13.9. The summed E-state index contributed by atoms with van der Waals surface area (Å²) in [5.74, 6) is 0.323. The van der Waals surface area contributed by atoms with Gasteiger partial charge in [0.1, 0.15) is 5.76 Å². The van der Waals surface area contributed by atoms with Crippen LogP contribution in [-0.4, -0.2) is 46.9 Å². The number of nitrogens with zero attached hydrogens (tertiary/aromatic N) is 4. The van der Waals surface area contributed by atoms with E-state index in [9.17, 15) is 9.59 Å². The van der Waals surface area contributed by atoms with E-state index in [0.29, 0.717) is 57.0 Å². The highest BCUT2D eigenvalue weighted by Crippen LogP contribution is 2.44. The van der Waals surface area contributed by atoms with Crippen LogP contribution in [0.5, 0.6) is 0 Å². The number of aromatic nitrogens is 2. The Labute approximate surface area is 212 Å². The fraction of sp³-hybridized carbons (Fsp3) is 0.375. The number of carbonyl (C=O) groups excluding carboxylic acids is 1. The molecule has 0 saturated heterocycles. The first-order valence-electron chi connectivity index (χ1n) is 10.8. The number of anilines is 1. The lowest BCUT2D eigenvalue weighted by atomic mass is 9.99. The van der Waals surface area contributed by atoms with Crippen LogP contribution in [0.25, 0.3) is 11.1 Å². The number of pyridine rings is 1. The van der Waals surface area contributed by atoms with Gasteiger partial charge in [-0.3, -0.25) is 9.59 Å². The van der Waals surface area contributed by atoms with Gasteiger partial charge in [-0.25, -0.2) is 0 Å². The molecule has 4 rings (SSSR count). The van der Waals surface area contributed by atoms with E-state index in [1.54, 1.807) is 29.5 Å². The van der Waals surface area contributed by atoms with Gasteiger partial charge in [0.2, 0.25) is 0 Å². The van der Waals surface area contributed by atoms with Crippen LogP contribution in [0.2, 0.25) is 10.0 Å². The maximum Gasteiger partial charge on any atom is 0.257 e. The van der Waals surface area contributed by atoms with Gasteiger partial charge in [0.25, 0.3) is 11.5 Å². The first-order chi connectivity index (χ1) is 16.1. The lowest BCUT2D eigenvalue weighted by Crippen LogP contribution is -2.36. The summed E-state index contributed by atoms with van der Waals surface area (Å²) in [6, 6.07) is 3.74. The molecule has 1 aromatic carbocycles. The highest BCUT2D eigenvalue weighted by atomic mass is 35.5. The molecule has 34 heavy (non-hydrogen) atoms. The lowest BCUT2D eigenvalue weighted by Gasteiger charge is -2.23. The number of amides is 1. The molecule has 3 heterocycles. The van der Waals surface area contributed by atoms with Crippen LogP contribution < -0.4 is 10.5 Å². The third-order valence-corrected chi connectivity index (χ3v) is 7.86. The van der Waals surface area contributed by atoms with E-state index in [1.165, 1.54) is 11.8 Å². The van der Waals surface area contributed by atoms with Crippen molar-refractivity contribution >= 4 is 46.6 Å². The van der Waals surface area contributed by atoms with Crippen LogP contribution in [0.4, 0.5) is 5.69 Å². The Balaban J connectivity index is 1.87. The van der Waals surface area contributed by atoms with Crippen molar-refractivity contribution in [3.63, 3.8) is 0 Å². The SMILES string of the molecule is CSc1cc(C)n(C)c(=O)c1CN1CCN(C)c2c(Cl)cc(-c3c(C)noc3C)c(Cl)c2C1=O. The van der Waals surface area contributed by atoms with E-state index >= 15 is 0 Å². The molecule has 0 radical (unpaired) electrons. The van der Waals surface area contributed by atoms with Crippen molar-refractivity contribution in [3.05, 3.63) is 60.8 Å². The van der Waals surface area contributed by atoms with Gasteiger partial charge in [0, 0.05) is 48.9 Å². The number of hydrogen-bond donors (Lipinski definition) is 0. The second kappa shape index (κ2) is 9.32. The Morgan fingerprint density at radius 1 is 1.09 bits per heavy atom. The number of halogens is 2. The Bertz CT molecular complexity index is 1350. The highest BCUT2D eigenvalue weighted by molar-refractivity contribution is 7.98. The van der Waals surface area contributed by atoms with Crippen LogP contribution in [0.3, 0.4) is 0 Å². The van der Waals surface area contributed by atoms with Gasteiger partial charge in [-0.2, -0.15) is 0 Å². The summed E-state index contributed by atoms with van der Waals surface area (Å²) in [5, 5.41) is 4.73. The van der Waals surface area contributed by atoms with Gasteiger partial charge in [-0.05, 0) is 39.2 Å². The zero-order valence-electron chi connectivity index (χ0n) is 20.0. The van der Waals surface area contributed by atoms with Crippen molar-refractivity contribution < 1.29 is 9.32 Å². The van der Waals surface area contributed by atoms with E-state index in [2.05, 4.69) is 5.16 Å². The van der Waals surface area contributed by atoms with Crippen LogP contribution >= 0.6 is 35.0 Å². The van der Waals surface area contributed by atoms with Gasteiger partial charge < -0.3 is 18.9 Å². The molecule has 0 bridgehead atoms. The molecule has 7 nitrogen and oxygen atoms in total. The summed E-state index contributed by atoms with van der Waals surface area (Å²) in [6.07, 6.45) is 1.93. The second-order valence-electron chi connectivity index (χ2n) is 8.49. The van der Waals surface area contributed by atoms with Crippen LogP contribution in [0.15, 0.2) is 26.3 Å². The summed E-state index contributed by atoms with van der Waals surface area (Å²) >= 11 is 15.1. The molecule has 0 atom stereocenters. The Kier molecular flexibility index (Phi) is 6.77. The molecule has 180 valence electrons. The van der Waals surface area contributed by atoms with Gasteiger partial charge in [-0.1, -0.05) is 28.4 Å². The van der Waals surface area contributed by atoms with Gasteiger partial charge in [0.05, 0.1) is 39.1 Å². The Hall–Kier alpha value is -2.42. The monoisotopic (exact) mass is 520 g/mol. The smallest absolute Gasteiger partial charge is 0.257 e. The standard InChI is InChI=1S/C24H26Cl2N4O3S/c1-12-9-18(34-6)16(23(31)29(12)5)11-30-8-7-28(4)22-17(25)10-15(21(26)20(22)24(30)32)19-13(2)27-33-14(19)3/h9-10H,7-8,11H2,1-6H3. The van der Waals surface area contributed by atoms with Crippen molar-refractivity contribution in [2.75, 3.05) is 31.3 Å². The van der Waals surface area contributed by atoms with E-state index < -0.39 is 0 Å². The molecular weight excluding hydrogens is 495 g/mol. The minimum Gasteiger partial charge on any atom is -0.371 e. The molecule has 0 N–H and O–H groups in total. The molecule has 1 amide bonds. The van der Waals surface area contributed by atoms with E-state index in [0.717, 1.165) is 16.2 Å². The molecule has 2 aromatic heterocycles. The van der Waals surface area contributed by atoms with Crippen LogP contribution in [0.1, 0.15) is 33.1 Å². The van der Waals surface area contributed by atoms with E-state index in [-0.39, 0.29) is 18.0 Å². The van der Waals surface area contributed by atoms with Crippen molar-refractivity contribution in [2.45, 2.75) is 32.2 Å². The quantitative estimate of drug-likeness (QED) is 0.446. The van der Waals surface area contributed by atoms with E-state index in [4.69, 9.17) is 27.7 Å². The summed E-state index contributed by atoms with van der Waals surface area (Å²) in [6.45, 7) is 6.65. The average molecular weight is 521 g/mol. The van der Waals surface area contributed by atoms with Crippen LogP contribution in [0, 0.1) is 20.8 Å². The van der Waals surface area contributed by atoms with Crippen molar-refractivity contribution in [2.24, 2.45) is 7.05 Å². The zero-order chi connectivity index (χ0) is 24.9. The highest BCUT2D eigenvalue weighted by Gasteiger charge is 2.33. The number of hydrogen-bond acceptors (Lipinski definition) is 6. The maximum atomic E-state index is 13.9. The lowest BCUT2D eigenvalue weighted by molar-refractivity contribution is 0.0753. The summed E-state index contributed by atoms with van der Waals surface area (Å²) < 4.78 is 6.93. The molecule has 0 spiro atoms. The predicted molar refractivity (Wildman–Crippen MR) is 138 cm³/mol. The predicted octanol–water partition coefficient (Wildman–Crippen LogP) is 5.09. The molecular formula is C24H26Cl2N4O3S. The number of thioether (sulfide) groups is 1. The number of fused-ring (bicyclic) bond motifs is 1. The molecule has 10 heteroatoms. The minimum absolute atomic E-state index is 0.108. The molecule has 1 aliphatic rings. The second-order valence-corrected chi connectivity index (χ2v) is 10.1. The molecule has 0 fully saturated rings. The molecule has 1 aliphatic heterocycles. The Morgan fingerprint density at radius 2 is 1.79 bits per heavy atom. The third-order valence-electron chi connectivity index (χ3n) is 6.38. The fourth-order valence-electron chi connectivity index (χ4n) is 4.39. The Morgan fingerprint density at radius 3 is 2.41 bits per heavy atom. The average Bonchev–Trinajstić information content (AvgIpc) is 3.07. The van der Waals surface area contributed by atoms with Gasteiger partial charge in [0.15, 0.2) is 0 Å². The van der Waals surface area contributed by atoms with E-state index in [1.807, 2.05) is 38.1 Å². The molecule has 0 unspecified atom stereocenters. The number of aryl methyl sites for hydroxylation is 3. The largest absolute Gasteiger partial charge is 0.371 e. The summed E-state index contributed by atoms with van der Waals surface area (Å²) in [4.78, 5) is 31.5. The van der Waals surface area contributed by atoms with Gasteiger partial charge >= 0.3 is 0 Å². The van der Waals surface area contributed by atoms with Crippen LogP contribution in [-0.2, 0) is 13.6 Å². The third kappa shape index (κ3) is 4.01. The fourth-order valence-corrected chi connectivity index (χ4v) is 5.74. The van der Waals surface area contributed by atoms with Gasteiger partial charge in [-0.15, -0.1) is 11.8 Å². The van der Waals surface area contributed by atoms with Crippen molar-refractivity contribution in [1.82, 2.24) is 14.6 Å². The topological polar surface area (TPSA) is 71.6 Å². The molecule has 3 aromatic rings.